The first-order chi connectivity index (χ1) is 8.13. The maximum Gasteiger partial charge on any atom is 0.335 e. The van der Waals surface area contributed by atoms with Gasteiger partial charge in [0.1, 0.15) is 5.65 Å². The second-order valence-electron chi connectivity index (χ2n) is 3.88. The Labute approximate surface area is 98.6 Å². The molecule has 0 radical (unpaired) electrons. The van der Waals surface area contributed by atoms with Gasteiger partial charge < -0.3 is 14.4 Å². The highest BCUT2D eigenvalue weighted by atomic mass is 16.5. The van der Waals surface area contributed by atoms with Crippen molar-refractivity contribution < 1.29 is 14.6 Å². The Hall–Kier alpha value is -1.88. The van der Waals surface area contributed by atoms with Crippen molar-refractivity contribution in [3.63, 3.8) is 0 Å². The van der Waals surface area contributed by atoms with Gasteiger partial charge in [0.2, 0.25) is 0 Å². The van der Waals surface area contributed by atoms with Crippen LogP contribution in [0.3, 0.4) is 0 Å². The monoisotopic (exact) mass is 234 g/mol. The van der Waals surface area contributed by atoms with Crippen LogP contribution in [-0.4, -0.2) is 33.8 Å². The van der Waals surface area contributed by atoms with Gasteiger partial charge in [0.05, 0.1) is 7.11 Å². The van der Waals surface area contributed by atoms with E-state index in [0.717, 1.165) is 16.6 Å². The molecule has 0 saturated heterocycles. The Balaban J connectivity index is 2.33. The van der Waals surface area contributed by atoms with Crippen molar-refractivity contribution in [1.82, 2.24) is 9.55 Å². The van der Waals surface area contributed by atoms with E-state index in [1.807, 2.05) is 29.9 Å². The number of pyridine rings is 1. The summed E-state index contributed by atoms with van der Waals surface area (Å²) < 4.78 is 6.36. The molecule has 0 aliphatic heterocycles. The standard InChI is InChI=1S/C12H14N2O3/c1-14-7-8(6-10(15)12(16)17-2)9-4-3-5-13-11(9)14/h3-5,7,10,15H,6H2,1-2H3. The second-order valence-corrected chi connectivity index (χ2v) is 3.88. The highest BCUT2D eigenvalue weighted by Crippen LogP contribution is 2.19. The quantitative estimate of drug-likeness (QED) is 0.792. The molecule has 5 nitrogen and oxygen atoms in total. The fourth-order valence-electron chi connectivity index (χ4n) is 1.88. The molecule has 1 N–H and O–H groups in total. The molecule has 2 heterocycles. The van der Waals surface area contributed by atoms with Crippen LogP contribution in [0.25, 0.3) is 11.0 Å². The van der Waals surface area contributed by atoms with E-state index in [4.69, 9.17) is 0 Å². The number of aromatic nitrogens is 2. The lowest BCUT2D eigenvalue weighted by Gasteiger charge is -2.06. The summed E-state index contributed by atoms with van der Waals surface area (Å²) in [5.41, 5.74) is 1.72. The summed E-state index contributed by atoms with van der Waals surface area (Å²) in [4.78, 5) is 15.4. The molecule has 1 atom stereocenters. The third kappa shape index (κ3) is 2.14. The number of carbonyl (C=O) groups excluding carboxylic acids is 1. The van der Waals surface area contributed by atoms with Crippen LogP contribution in [-0.2, 0) is 23.0 Å². The van der Waals surface area contributed by atoms with Crippen molar-refractivity contribution in [2.24, 2.45) is 7.05 Å². The molecule has 0 aromatic carbocycles. The molecule has 1 unspecified atom stereocenters. The third-order valence-electron chi connectivity index (χ3n) is 2.70. The predicted molar refractivity (Wildman–Crippen MR) is 62.4 cm³/mol. The number of aliphatic hydroxyl groups excluding tert-OH is 1. The second kappa shape index (κ2) is 4.55. The number of aliphatic hydroxyl groups is 1. The number of aryl methyl sites for hydroxylation is 1. The zero-order valence-electron chi connectivity index (χ0n) is 9.75. The van der Waals surface area contributed by atoms with Crippen molar-refractivity contribution in [1.29, 1.82) is 0 Å². The van der Waals surface area contributed by atoms with Crippen molar-refractivity contribution in [3.05, 3.63) is 30.1 Å². The van der Waals surface area contributed by atoms with Gasteiger partial charge in [-0.25, -0.2) is 9.78 Å². The third-order valence-corrected chi connectivity index (χ3v) is 2.70. The molecule has 2 aromatic heterocycles. The van der Waals surface area contributed by atoms with Crippen LogP contribution in [0.2, 0.25) is 0 Å². The van der Waals surface area contributed by atoms with E-state index in [-0.39, 0.29) is 6.42 Å². The number of rotatable bonds is 3. The lowest BCUT2D eigenvalue weighted by Crippen LogP contribution is -2.23. The number of esters is 1. The molecular weight excluding hydrogens is 220 g/mol. The molecule has 0 fully saturated rings. The minimum atomic E-state index is -1.13. The zero-order valence-corrected chi connectivity index (χ0v) is 9.75. The number of hydrogen-bond acceptors (Lipinski definition) is 4. The Morgan fingerprint density at radius 2 is 2.41 bits per heavy atom. The van der Waals surface area contributed by atoms with Gasteiger partial charge in [0.15, 0.2) is 6.10 Å². The van der Waals surface area contributed by atoms with E-state index < -0.39 is 12.1 Å². The van der Waals surface area contributed by atoms with Crippen LogP contribution in [0.15, 0.2) is 24.5 Å². The molecule has 17 heavy (non-hydrogen) atoms. The van der Waals surface area contributed by atoms with Crippen molar-refractivity contribution >= 4 is 17.0 Å². The highest BCUT2D eigenvalue weighted by molar-refractivity contribution is 5.82. The molecular formula is C12H14N2O3. The summed E-state index contributed by atoms with van der Waals surface area (Å²) in [5, 5.41) is 10.6. The van der Waals surface area contributed by atoms with Gasteiger partial charge in [0, 0.05) is 31.2 Å². The first kappa shape index (κ1) is 11.6. The van der Waals surface area contributed by atoms with Gasteiger partial charge in [-0.15, -0.1) is 0 Å². The van der Waals surface area contributed by atoms with Gasteiger partial charge in [-0.3, -0.25) is 0 Å². The molecule has 0 saturated carbocycles. The molecule has 2 aromatic rings. The summed E-state index contributed by atoms with van der Waals surface area (Å²) in [6.07, 6.45) is 2.67. The first-order valence-corrected chi connectivity index (χ1v) is 5.28. The Morgan fingerprint density at radius 3 is 3.12 bits per heavy atom. The summed E-state index contributed by atoms with van der Waals surface area (Å²) in [5.74, 6) is -0.620. The van der Waals surface area contributed by atoms with Gasteiger partial charge >= 0.3 is 5.97 Å². The van der Waals surface area contributed by atoms with Gasteiger partial charge in [-0.05, 0) is 17.7 Å². The number of ether oxygens (including phenoxy) is 1. The van der Waals surface area contributed by atoms with Crippen LogP contribution in [0.5, 0.6) is 0 Å². The lowest BCUT2D eigenvalue weighted by molar-refractivity contribution is -0.150. The fourth-order valence-corrected chi connectivity index (χ4v) is 1.88. The summed E-state index contributed by atoms with van der Waals surface area (Å²) >= 11 is 0. The van der Waals surface area contributed by atoms with E-state index in [0.29, 0.717) is 0 Å². The van der Waals surface area contributed by atoms with Crippen molar-refractivity contribution in [3.8, 4) is 0 Å². The lowest BCUT2D eigenvalue weighted by atomic mass is 10.1. The molecule has 0 spiro atoms. The zero-order chi connectivity index (χ0) is 12.4. The van der Waals surface area contributed by atoms with E-state index in [1.165, 1.54) is 7.11 Å². The van der Waals surface area contributed by atoms with Crippen LogP contribution in [0.1, 0.15) is 5.56 Å². The minimum absolute atomic E-state index is 0.232. The molecule has 0 bridgehead atoms. The molecule has 0 amide bonds. The Bertz CT molecular complexity index is 548. The highest BCUT2D eigenvalue weighted by Gasteiger charge is 2.18. The molecule has 5 heteroatoms. The summed E-state index contributed by atoms with van der Waals surface area (Å²) in [6, 6.07) is 3.75. The van der Waals surface area contributed by atoms with E-state index >= 15 is 0 Å². The van der Waals surface area contributed by atoms with Gasteiger partial charge in [-0.2, -0.15) is 0 Å². The average molecular weight is 234 g/mol. The molecule has 2 rings (SSSR count). The van der Waals surface area contributed by atoms with Crippen molar-refractivity contribution in [2.75, 3.05) is 7.11 Å². The number of nitrogens with zero attached hydrogens (tertiary/aromatic N) is 2. The van der Waals surface area contributed by atoms with Crippen LogP contribution >= 0.6 is 0 Å². The molecule has 90 valence electrons. The Kier molecular flexibility index (Phi) is 3.10. The summed E-state index contributed by atoms with van der Waals surface area (Å²) in [7, 11) is 3.14. The van der Waals surface area contributed by atoms with Crippen LogP contribution in [0, 0.1) is 0 Å². The summed E-state index contributed by atoms with van der Waals surface area (Å²) in [6.45, 7) is 0. The Morgan fingerprint density at radius 1 is 1.65 bits per heavy atom. The minimum Gasteiger partial charge on any atom is -0.467 e. The molecule has 0 aliphatic carbocycles. The normalized spacial score (nSPS) is 12.6. The number of methoxy groups -OCH3 is 1. The number of fused-ring (bicyclic) bond motifs is 1. The maximum absolute atomic E-state index is 11.2. The van der Waals surface area contributed by atoms with Crippen molar-refractivity contribution in [2.45, 2.75) is 12.5 Å². The SMILES string of the molecule is COC(=O)C(O)Cc1cn(C)c2ncccc12. The van der Waals surface area contributed by atoms with Gasteiger partial charge in [0.25, 0.3) is 0 Å². The predicted octanol–water partition coefficient (Wildman–Crippen LogP) is 0.650. The van der Waals surface area contributed by atoms with Crippen LogP contribution in [0.4, 0.5) is 0 Å². The fraction of sp³-hybridized carbons (Fsp3) is 0.333. The topological polar surface area (TPSA) is 64.3 Å². The van der Waals surface area contributed by atoms with E-state index in [2.05, 4.69) is 9.72 Å². The first-order valence-electron chi connectivity index (χ1n) is 5.28. The number of carbonyl (C=O) groups is 1. The smallest absolute Gasteiger partial charge is 0.335 e. The number of hydrogen-bond donors (Lipinski definition) is 1. The van der Waals surface area contributed by atoms with E-state index in [1.54, 1.807) is 6.20 Å². The van der Waals surface area contributed by atoms with E-state index in [9.17, 15) is 9.90 Å². The largest absolute Gasteiger partial charge is 0.467 e. The van der Waals surface area contributed by atoms with Gasteiger partial charge in [-0.1, -0.05) is 0 Å². The maximum atomic E-state index is 11.2. The van der Waals surface area contributed by atoms with Crippen LogP contribution < -0.4 is 0 Å². The average Bonchev–Trinajstić information content (AvgIpc) is 2.66. The molecule has 0 aliphatic rings.